The van der Waals surface area contributed by atoms with Crippen molar-refractivity contribution in [1.29, 1.82) is 0 Å². The van der Waals surface area contributed by atoms with E-state index in [1.54, 1.807) is 17.3 Å². The second-order valence-corrected chi connectivity index (χ2v) is 7.67. The van der Waals surface area contributed by atoms with Crippen molar-refractivity contribution in [1.82, 2.24) is 4.90 Å². The zero-order valence-corrected chi connectivity index (χ0v) is 15.5. The molecule has 0 radical (unpaired) electrons. The van der Waals surface area contributed by atoms with Crippen LogP contribution in [0.4, 0.5) is 5.69 Å². The van der Waals surface area contributed by atoms with Crippen LogP contribution in [0.25, 0.3) is 0 Å². The minimum absolute atomic E-state index is 0.252. The summed E-state index contributed by atoms with van der Waals surface area (Å²) in [5.74, 6) is 0.828. The number of likely N-dealkylation sites (tertiary alicyclic amines) is 1. The second-order valence-electron chi connectivity index (χ2n) is 6.65. The summed E-state index contributed by atoms with van der Waals surface area (Å²) in [6.07, 6.45) is 8.42. The van der Waals surface area contributed by atoms with Gasteiger partial charge in [-0.2, -0.15) is 0 Å². The molecule has 0 spiro atoms. The van der Waals surface area contributed by atoms with Crippen LogP contribution in [0.5, 0.6) is 0 Å². The van der Waals surface area contributed by atoms with E-state index in [2.05, 4.69) is 36.1 Å². The predicted molar refractivity (Wildman–Crippen MR) is 103 cm³/mol. The van der Waals surface area contributed by atoms with Gasteiger partial charge in [0.1, 0.15) is 0 Å². The third-order valence-electron chi connectivity index (χ3n) is 4.88. The number of allylic oxidation sites excluding steroid dienone is 1. The third kappa shape index (κ3) is 4.42. The predicted octanol–water partition coefficient (Wildman–Crippen LogP) is 4.34. The maximum atomic E-state index is 12.3. The average Bonchev–Trinajstić information content (AvgIpc) is 2.63. The number of piperidine rings is 1. The van der Waals surface area contributed by atoms with Gasteiger partial charge in [-0.25, -0.2) is 0 Å². The molecule has 0 unspecified atom stereocenters. The highest BCUT2D eigenvalue weighted by Crippen LogP contribution is 2.34. The van der Waals surface area contributed by atoms with E-state index in [0.29, 0.717) is 5.75 Å². The number of amides is 1. The normalized spacial score (nSPS) is 18.6. The fraction of sp³-hybridized carbons (Fsp3) is 0.550. The third-order valence-corrected chi connectivity index (χ3v) is 5.93. The van der Waals surface area contributed by atoms with Crippen molar-refractivity contribution in [2.75, 3.05) is 36.8 Å². The molecule has 2 heterocycles. The number of rotatable bonds is 6. The fourth-order valence-corrected chi connectivity index (χ4v) is 4.40. The number of anilines is 1. The second kappa shape index (κ2) is 8.72. The Bertz CT molecular complexity index is 589. The lowest BCUT2D eigenvalue weighted by molar-refractivity contribution is -0.116. The summed E-state index contributed by atoms with van der Waals surface area (Å²) in [6, 6.07) is 8.27. The van der Waals surface area contributed by atoms with Gasteiger partial charge in [-0.1, -0.05) is 37.1 Å². The van der Waals surface area contributed by atoms with Gasteiger partial charge in [0.2, 0.25) is 5.91 Å². The van der Waals surface area contributed by atoms with Crippen LogP contribution < -0.4 is 4.90 Å². The number of para-hydroxylation sites is 1. The lowest BCUT2D eigenvalue weighted by Crippen LogP contribution is -2.38. The van der Waals surface area contributed by atoms with Crippen LogP contribution in [0.3, 0.4) is 0 Å². The van der Waals surface area contributed by atoms with Crippen LogP contribution >= 0.6 is 11.8 Å². The van der Waals surface area contributed by atoms with Gasteiger partial charge in [-0.15, -0.1) is 11.8 Å². The Labute approximate surface area is 150 Å². The molecule has 0 saturated carbocycles. The summed E-state index contributed by atoms with van der Waals surface area (Å²) >= 11 is 1.66. The van der Waals surface area contributed by atoms with Crippen molar-refractivity contribution in [3.63, 3.8) is 0 Å². The van der Waals surface area contributed by atoms with E-state index in [9.17, 15) is 4.79 Å². The summed E-state index contributed by atoms with van der Waals surface area (Å²) in [4.78, 5) is 18.0. The monoisotopic (exact) mass is 344 g/mol. The Morgan fingerprint density at radius 1 is 1.17 bits per heavy atom. The van der Waals surface area contributed by atoms with Gasteiger partial charge in [0, 0.05) is 24.5 Å². The van der Waals surface area contributed by atoms with Gasteiger partial charge < -0.3 is 9.80 Å². The SMILES string of the molecule is CCCC=C1CCN(CCCN2C(=O)CSc3ccccc32)CC1. The van der Waals surface area contributed by atoms with E-state index in [0.717, 1.165) is 25.2 Å². The maximum absolute atomic E-state index is 12.3. The fourth-order valence-electron chi connectivity index (χ4n) is 3.47. The van der Waals surface area contributed by atoms with Gasteiger partial charge in [0.25, 0.3) is 0 Å². The lowest BCUT2D eigenvalue weighted by Gasteiger charge is -2.31. The topological polar surface area (TPSA) is 23.6 Å². The molecule has 1 aromatic carbocycles. The standard InChI is InChI=1S/C20H28N2OS/c1-2-3-7-17-10-14-21(15-11-17)12-6-13-22-18-8-4-5-9-19(18)24-16-20(22)23/h4-5,7-9H,2-3,6,10-16H2,1H3. The van der Waals surface area contributed by atoms with Gasteiger partial charge >= 0.3 is 0 Å². The molecule has 2 aliphatic rings. The number of carbonyl (C=O) groups is 1. The first-order chi connectivity index (χ1) is 11.8. The molecule has 1 amide bonds. The zero-order chi connectivity index (χ0) is 16.8. The number of hydrogen-bond donors (Lipinski definition) is 0. The highest BCUT2D eigenvalue weighted by Gasteiger charge is 2.24. The molecule has 3 nitrogen and oxygen atoms in total. The molecule has 1 fully saturated rings. The first-order valence-corrected chi connectivity index (χ1v) is 10.2. The average molecular weight is 345 g/mol. The zero-order valence-electron chi connectivity index (χ0n) is 14.7. The highest BCUT2D eigenvalue weighted by molar-refractivity contribution is 8.00. The Balaban J connectivity index is 1.47. The smallest absolute Gasteiger partial charge is 0.237 e. The van der Waals surface area contributed by atoms with Crippen LogP contribution in [0.1, 0.15) is 39.0 Å². The summed E-state index contributed by atoms with van der Waals surface area (Å²) < 4.78 is 0. The van der Waals surface area contributed by atoms with E-state index >= 15 is 0 Å². The van der Waals surface area contributed by atoms with Crippen molar-refractivity contribution < 1.29 is 4.79 Å². The molecular weight excluding hydrogens is 316 g/mol. The summed E-state index contributed by atoms with van der Waals surface area (Å²) in [5.41, 5.74) is 2.74. The summed E-state index contributed by atoms with van der Waals surface area (Å²) in [5, 5.41) is 0. The number of carbonyl (C=O) groups excluding carboxylic acids is 1. The van der Waals surface area contributed by atoms with Crippen LogP contribution in [0.2, 0.25) is 0 Å². The van der Waals surface area contributed by atoms with E-state index in [-0.39, 0.29) is 5.91 Å². The minimum atomic E-state index is 0.252. The summed E-state index contributed by atoms with van der Waals surface area (Å²) in [7, 11) is 0. The van der Waals surface area contributed by atoms with Gasteiger partial charge in [0.05, 0.1) is 11.4 Å². The molecule has 3 rings (SSSR count). The molecule has 4 heteroatoms. The first-order valence-electron chi connectivity index (χ1n) is 9.20. The molecule has 0 aromatic heterocycles. The Morgan fingerprint density at radius 2 is 1.96 bits per heavy atom. The van der Waals surface area contributed by atoms with Crippen molar-refractivity contribution >= 4 is 23.4 Å². The Hall–Kier alpha value is -1.26. The number of benzene rings is 1. The molecule has 1 aromatic rings. The highest BCUT2D eigenvalue weighted by atomic mass is 32.2. The van der Waals surface area contributed by atoms with Crippen LogP contribution in [-0.2, 0) is 4.79 Å². The number of thioether (sulfide) groups is 1. The quantitative estimate of drug-likeness (QED) is 0.717. The largest absolute Gasteiger partial charge is 0.311 e. The molecule has 0 N–H and O–H groups in total. The molecule has 0 atom stereocenters. The molecular formula is C20H28N2OS. The number of unbranched alkanes of at least 4 members (excludes halogenated alkanes) is 1. The van der Waals surface area contributed by atoms with Crippen molar-refractivity contribution in [3.05, 3.63) is 35.9 Å². The van der Waals surface area contributed by atoms with E-state index in [1.165, 1.54) is 43.7 Å². The van der Waals surface area contributed by atoms with Gasteiger partial charge in [0.15, 0.2) is 0 Å². The Morgan fingerprint density at radius 3 is 2.75 bits per heavy atom. The maximum Gasteiger partial charge on any atom is 0.237 e. The molecule has 2 aliphatic heterocycles. The minimum Gasteiger partial charge on any atom is -0.311 e. The Kier molecular flexibility index (Phi) is 6.38. The lowest BCUT2D eigenvalue weighted by atomic mass is 10.0. The molecule has 0 bridgehead atoms. The molecule has 130 valence electrons. The number of hydrogen-bond acceptors (Lipinski definition) is 3. The first kappa shape index (κ1) is 17.6. The van der Waals surface area contributed by atoms with E-state index in [1.807, 2.05) is 11.0 Å². The molecule has 0 aliphatic carbocycles. The van der Waals surface area contributed by atoms with Crippen LogP contribution in [0.15, 0.2) is 40.8 Å². The number of nitrogens with zero attached hydrogens (tertiary/aromatic N) is 2. The van der Waals surface area contributed by atoms with Crippen molar-refractivity contribution in [2.24, 2.45) is 0 Å². The number of fused-ring (bicyclic) bond motifs is 1. The van der Waals surface area contributed by atoms with Crippen molar-refractivity contribution in [3.8, 4) is 0 Å². The van der Waals surface area contributed by atoms with E-state index < -0.39 is 0 Å². The van der Waals surface area contributed by atoms with E-state index in [4.69, 9.17) is 0 Å². The molecule has 1 saturated heterocycles. The van der Waals surface area contributed by atoms with Gasteiger partial charge in [-0.3, -0.25) is 4.79 Å². The molecule has 24 heavy (non-hydrogen) atoms. The van der Waals surface area contributed by atoms with Crippen LogP contribution in [0, 0.1) is 0 Å². The van der Waals surface area contributed by atoms with Crippen molar-refractivity contribution in [2.45, 2.75) is 43.9 Å². The van der Waals surface area contributed by atoms with Crippen LogP contribution in [-0.4, -0.2) is 42.7 Å². The van der Waals surface area contributed by atoms with Gasteiger partial charge in [-0.05, 0) is 44.4 Å². The summed E-state index contributed by atoms with van der Waals surface area (Å²) in [6.45, 7) is 6.53.